The van der Waals surface area contributed by atoms with Crippen LogP contribution in [0.5, 0.6) is 0 Å². The Labute approximate surface area is 226 Å². The molecular formula is C28H36O11. The number of esters is 3. The zero-order valence-corrected chi connectivity index (χ0v) is 23.0. The number of cyclic esters (lactones) is 3. The third-order valence-corrected chi connectivity index (χ3v) is 11.0. The molecule has 39 heavy (non-hydrogen) atoms. The first kappa shape index (κ1) is 26.9. The second-order valence-electron chi connectivity index (χ2n) is 13.1. The van der Waals surface area contributed by atoms with Crippen LogP contribution in [0.25, 0.3) is 0 Å². The Hall–Kier alpha value is -2.34. The Morgan fingerprint density at radius 2 is 1.69 bits per heavy atom. The average molecular weight is 549 g/mol. The van der Waals surface area contributed by atoms with E-state index in [0.717, 1.165) is 0 Å². The number of epoxide rings is 1. The molecule has 1 spiro atoms. The first-order chi connectivity index (χ1) is 18.1. The number of fused-ring (bicyclic) bond motifs is 3. The maximum atomic E-state index is 14.4. The average Bonchev–Trinajstić information content (AvgIpc) is 3.52. The van der Waals surface area contributed by atoms with Gasteiger partial charge in [0, 0.05) is 35.7 Å². The van der Waals surface area contributed by atoms with Crippen molar-refractivity contribution in [1.29, 1.82) is 0 Å². The zero-order chi connectivity index (χ0) is 28.5. The van der Waals surface area contributed by atoms with Gasteiger partial charge in [-0.25, -0.2) is 9.59 Å². The van der Waals surface area contributed by atoms with Crippen LogP contribution < -0.4 is 0 Å². The Bertz CT molecular complexity index is 1210. The first-order valence-electron chi connectivity index (χ1n) is 13.6. The molecule has 2 aliphatic carbocycles. The van der Waals surface area contributed by atoms with Crippen LogP contribution in [0.4, 0.5) is 0 Å². The molecule has 11 atom stereocenters. The number of ether oxygens (including phenoxy) is 5. The lowest BCUT2D eigenvalue weighted by Gasteiger charge is -2.67. The predicted octanol–water partition coefficient (Wildman–Crippen LogP) is 0.970. The fourth-order valence-electron chi connectivity index (χ4n) is 9.46. The van der Waals surface area contributed by atoms with Crippen LogP contribution in [0, 0.1) is 28.1 Å². The Morgan fingerprint density at radius 1 is 1.00 bits per heavy atom. The molecule has 2 saturated carbocycles. The molecular weight excluding hydrogens is 512 g/mol. The smallest absolute Gasteiger partial charge is 0.340 e. The number of rotatable bonds is 3. The molecule has 2 N–H and O–H groups in total. The minimum absolute atomic E-state index is 0.00314. The van der Waals surface area contributed by atoms with Crippen molar-refractivity contribution >= 4 is 23.7 Å². The molecule has 0 amide bonds. The summed E-state index contributed by atoms with van der Waals surface area (Å²) in [6.45, 7) is 10.7. The molecule has 6 aliphatic rings. The Morgan fingerprint density at radius 3 is 2.36 bits per heavy atom. The van der Waals surface area contributed by atoms with Gasteiger partial charge in [0.1, 0.15) is 23.1 Å². The van der Waals surface area contributed by atoms with Crippen LogP contribution in [0.1, 0.15) is 60.8 Å². The molecule has 4 aliphatic heterocycles. The number of aliphatic hydroxyl groups is 2. The number of Topliss-reactive ketones (excluding diaryl/α,β-unsaturated/α-hetero) is 1. The summed E-state index contributed by atoms with van der Waals surface area (Å²) in [5, 5.41) is 23.5. The van der Waals surface area contributed by atoms with E-state index in [4.69, 9.17) is 23.7 Å². The molecule has 3 saturated heterocycles. The molecule has 4 heterocycles. The molecule has 6 rings (SSSR count). The molecule has 0 aromatic carbocycles. The Balaban J connectivity index is 1.51. The Kier molecular flexibility index (Phi) is 5.44. The molecule has 0 bridgehead atoms. The van der Waals surface area contributed by atoms with Gasteiger partial charge in [0.05, 0.1) is 29.6 Å². The molecule has 11 nitrogen and oxygen atoms in total. The summed E-state index contributed by atoms with van der Waals surface area (Å²) < 4.78 is 28.5. The fourth-order valence-corrected chi connectivity index (χ4v) is 9.46. The van der Waals surface area contributed by atoms with E-state index in [1.165, 1.54) is 6.08 Å². The highest BCUT2D eigenvalue weighted by atomic mass is 16.7. The van der Waals surface area contributed by atoms with Crippen molar-refractivity contribution in [1.82, 2.24) is 0 Å². The van der Waals surface area contributed by atoms with E-state index in [1.54, 1.807) is 41.5 Å². The van der Waals surface area contributed by atoms with Crippen molar-refractivity contribution in [3.05, 3.63) is 11.6 Å². The largest absolute Gasteiger partial charge is 0.459 e. The highest BCUT2D eigenvalue weighted by Gasteiger charge is 2.90. The molecule has 0 aromatic heterocycles. The summed E-state index contributed by atoms with van der Waals surface area (Å²) >= 11 is 0. The van der Waals surface area contributed by atoms with E-state index in [1.807, 2.05) is 0 Å². The minimum Gasteiger partial charge on any atom is -0.459 e. The van der Waals surface area contributed by atoms with Gasteiger partial charge in [-0.05, 0) is 40.2 Å². The lowest BCUT2D eigenvalue weighted by molar-refractivity contribution is -0.253. The van der Waals surface area contributed by atoms with Crippen molar-refractivity contribution in [2.24, 2.45) is 28.1 Å². The molecule has 214 valence electrons. The van der Waals surface area contributed by atoms with Crippen molar-refractivity contribution in [2.45, 2.75) is 103 Å². The number of carbonyl (C=O) groups is 4. The van der Waals surface area contributed by atoms with Crippen LogP contribution in [0.3, 0.4) is 0 Å². The van der Waals surface area contributed by atoms with Crippen molar-refractivity contribution in [3.63, 3.8) is 0 Å². The summed E-state index contributed by atoms with van der Waals surface area (Å²) in [5.74, 6) is -3.74. The fraction of sp³-hybridized carbons (Fsp3) is 0.786. The van der Waals surface area contributed by atoms with Gasteiger partial charge in [-0.1, -0.05) is 13.8 Å². The summed E-state index contributed by atoms with van der Waals surface area (Å²) in [6, 6.07) is 0. The standard InChI is InChI=1S/C28H36O11/c1-7-35-18-8-12(22(33)36-18)20-25(4)11-13(29)19-26(5)14(24(2,3)38-17(32)10-15(26)30)9-16(31)27(19,6)28(25)21(39-28)23(34)37-20/h8,13-15,18-21,29-30H,7,9-11H2,1-6H3/t13-,14-,15-,18?,19+,20-,21+,25-,26+,27+,28+/m0/s1. The topological polar surface area (TPSA) is 158 Å². The molecule has 0 radical (unpaired) electrons. The number of hydrogen-bond donors (Lipinski definition) is 2. The van der Waals surface area contributed by atoms with E-state index in [9.17, 15) is 29.4 Å². The summed E-state index contributed by atoms with van der Waals surface area (Å²) in [7, 11) is 0. The van der Waals surface area contributed by atoms with Crippen molar-refractivity contribution < 1.29 is 53.1 Å². The highest BCUT2D eigenvalue weighted by Crippen LogP contribution is 2.77. The van der Waals surface area contributed by atoms with Crippen LogP contribution in [0.2, 0.25) is 0 Å². The number of ketones is 1. The third kappa shape index (κ3) is 3.02. The minimum atomic E-state index is -1.46. The van der Waals surface area contributed by atoms with Gasteiger partial charge >= 0.3 is 17.9 Å². The second-order valence-corrected chi connectivity index (χ2v) is 13.1. The van der Waals surface area contributed by atoms with Gasteiger partial charge in [-0.2, -0.15) is 0 Å². The predicted molar refractivity (Wildman–Crippen MR) is 129 cm³/mol. The monoisotopic (exact) mass is 548 g/mol. The van der Waals surface area contributed by atoms with E-state index in [0.29, 0.717) is 0 Å². The lowest BCUT2D eigenvalue weighted by atomic mass is 9.36. The number of hydrogen-bond acceptors (Lipinski definition) is 11. The van der Waals surface area contributed by atoms with Gasteiger partial charge in [0.15, 0.2) is 6.10 Å². The maximum absolute atomic E-state index is 14.4. The highest BCUT2D eigenvalue weighted by molar-refractivity contribution is 5.96. The van der Waals surface area contributed by atoms with E-state index < -0.39 is 87.9 Å². The molecule has 5 fully saturated rings. The summed E-state index contributed by atoms with van der Waals surface area (Å²) in [5.41, 5.74) is -6.23. The number of carbonyl (C=O) groups excluding carboxylic acids is 4. The third-order valence-electron chi connectivity index (χ3n) is 11.0. The lowest BCUT2D eigenvalue weighted by Crippen LogP contribution is -2.76. The zero-order valence-electron chi connectivity index (χ0n) is 23.0. The summed E-state index contributed by atoms with van der Waals surface area (Å²) in [4.78, 5) is 53.2. The first-order valence-corrected chi connectivity index (χ1v) is 13.6. The SMILES string of the molecule is CCOC1C=C([C@@H]2OC(=O)[C@H]3O[C@@]34[C@@]2(C)C[C@H](O)[C@@H]2[C@@]3(C)[C@@H](O)CC(=O)OC(C)(C)[C@@H]3CC(=O)[C@]24C)C(=O)O1. The maximum Gasteiger partial charge on any atom is 0.340 e. The van der Waals surface area contributed by atoms with Gasteiger partial charge in [0.25, 0.3) is 0 Å². The molecule has 11 heteroatoms. The van der Waals surface area contributed by atoms with E-state index in [2.05, 4.69) is 0 Å². The van der Waals surface area contributed by atoms with Crippen LogP contribution >= 0.6 is 0 Å². The van der Waals surface area contributed by atoms with Crippen LogP contribution in [-0.2, 0) is 42.9 Å². The second kappa shape index (κ2) is 7.90. The van der Waals surface area contributed by atoms with Crippen molar-refractivity contribution in [2.75, 3.05) is 6.61 Å². The summed E-state index contributed by atoms with van der Waals surface area (Å²) in [6.07, 6.45) is -4.46. The van der Waals surface area contributed by atoms with Gasteiger partial charge in [-0.15, -0.1) is 0 Å². The van der Waals surface area contributed by atoms with Crippen LogP contribution in [0.15, 0.2) is 11.6 Å². The van der Waals surface area contributed by atoms with Gasteiger partial charge in [-0.3, -0.25) is 9.59 Å². The van der Waals surface area contributed by atoms with Gasteiger partial charge in [0.2, 0.25) is 6.29 Å². The molecule has 0 aromatic rings. The van der Waals surface area contributed by atoms with E-state index in [-0.39, 0.29) is 37.2 Å². The van der Waals surface area contributed by atoms with Crippen LogP contribution in [-0.4, -0.2) is 82.4 Å². The quantitative estimate of drug-likeness (QED) is 0.294. The number of aliphatic hydroxyl groups excluding tert-OH is 2. The van der Waals surface area contributed by atoms with Gasteiger partial charge < -0.3 is 33.9 Å². The van der Waals surface area contributed by atoms with Crippen molar-refractivity contribution in [3.8, 4) is 0 Å². The normalized spacial score (nSPS) is 51.7. The van der Waals surface area contributed by atoms with E-state index >= 15 is 0 Å². The molecule has 1 unspecified atom stereocenters.